The molecule has 0 atom stereocenters. The average Bonchev–Trinajstić information content (AvgIpc) is 2.74. The summed E-state index contributed by atoms with van der Waals surface area (Å²) in [7, 11) is -4.25. The van der Waals surface area contributed by atoms with E-state index in [-0.39, 0.29) is 4.90 Å². The molecule has 1 N–H and O–H groups in total. The van der Waals surface area contributed by atoms with Gasteiger partial charge in [-0.25, -0.2) is 0 Å². The first kappa shape index (κ1) is 24.6. The molecule has 0 unspecified atom stereocenters. The molecule has 0 fully saturated rings. The van der Waals surface area contributed by atoms with Crippen LogP contribution in [-0.4, -0.2) is 13.0 Å². The van der Waals surface area contributed by atoms with Gasteiger partial charge in [0.25, 0.3) is 10.1 Å². The summed E-state index contributed by atoms with van der Waals surface area (Å²) in [5.41, 5.74) is 2.50. The molecule has 0 aromatic heterocycles. The molecule has 0 aliphatic rings. The van der Waals surface area contributed by atoms with Gasteiger partial charge in [0, 0.05) is 5.56 Å². The van der Waals surface area contributed by atoms with Crippen molar-refractivity contribution in [3.8, 4) is 11.1 Å². The zero-order valence-electron chi connectivity index (χ0n) is 18.5. The first-order chi connectivity index (χ1) is 14.5. The molecule has 2 aromatic rings. The lowest BCUT2D eigenvalue weighted by molar-refractivity contribution is 0.483. The van der Waals surface area contributed by atoms with Crippen molar-refractivity contribution in [2.24, 2.45) is 0 Å². The number of hydrogen-bond acceptors (Lipinski definition) is 2. The van der Waals surface area contributed by atoms with E-state index in [0.29, 0.717) is 5.56 Å². The van der Waals surface area contributed by atoms with E-state index in [1.807, 2.05) is 42.5 Å². The Labute approximate surface area is 183 Å². The second-order valence-corrected chi connectivity index (χ2v) is 9.70. The van der Waals surface area contributed by atoms with Gasteiger partial charge in [-0.3, -0.25) is 4.55 Å². The molecule has 2 rings (SSSR count). The van der Waals surface area contributed by atoms with E-state index in [1.165, 1.54) is 76.7 Å². The normalized spacial score (nSPS) is 11.7. The third-order valence-electron chi connectivity index (χ3n) is 5.73. The van der Waals surface area contributed by atoms with Crippen LogP contribution in [0.15, 0.2) is 53.4 Å². The first-order valence-electron chi connectivity index (χ1n) is 11.7. The fourth-order valence-electron chi connectivity index (χ4n) is 3.97. The van der Waals surface area contributed by atoms with E-state index in [0.717, 1.165) is 24.0 Å². The molecule has 0 bridgehead atoms. The highest BCUT2D eigenvalue weighted by Gasteiger charge is 2.17. The number of rotatable bonds is 15. The molecule has 0 radical (unpaired) electrons. The van der Waals surface area contributed by atoms with E-state index in [2.05, 4.69) is 6.92 Å². The molecule has 166 valence electrons. The Morgan fingerprint density at radius 3 is 1.77 bits per heavy atom. The Balaban J connectivity index is 1.73. The SMILES string of the molecule is CCCCCCCCCCCCCCc1ccc(S(=O)(=O)O)c(-c2ccccc2)c1. The maximum atomic E-state index is 11.8. The van der Waals surface area contributed by atoms with Crippen LogP contribution in [0.25, 0.3) is 11.1 Å². The fraction of sp³-hybridized carbons (Fsp3) is 0.538. The van der Waals surface area contributed by atoms with Crippen molar-refractivity contribution in [2.45, 2.75) is 95.3 Å². The van der Waals surface area contributed by atoms with Crippen molar-refractivity contribution in [2.75, 3.05) is 0 Å². The molecule has 0 spiro atoms. The van der Waals surface area contributed by atoms with E-state index in [4.69, 9.17) is 0 Å². The second kappa shape index (κ2) is 13.6. The average molecular weight is 431 g/mol. The summed E-state index contributed by atoms with van der Waals surface area (Å²) in [5, 5.41) is 0. The Bertz CT molecular complexity index is 829. The monoisotopic (exact) mass is 430 g/mol. The molecule has 0 aliphatic heterocycles. The minimum absolute atomic E-state index is 0.0212. The Hall–Kier alpha value is -1.65. The lowest BCUT2D eigenvalue weighted by Crippen LogP contribution is -2.02. The van der Waals surface area contributed by atoms with Crippen LogP contribution >= 0.6 is 0 Å². The van der Waals surface area contributed by atoms with Crippen LogP contribution in [-0.2, 0) is 16.5 Å². The van der Waals surface area contributed by atoms with Crippen LogP contribution in [0, 0.1) is 0 Å². The molecule has 0 aliphatic carbocycles. The van der Waals surface area contributed by atoms with Crippen molar-refractivity contribution >= 4 is 10.1 Å². The van der Waals surface area contributed by atoms with Gasteiger partial charge in [0.2, 0.25) is 0 Å². The van der Waals surface area contributed by atoms with E-state index in [1.54, 1.807) is 0 Å². The Morgan fingerprint density at radius 2 is 1.23 bits per heavy atom. The van der Waals surface area contributed by atoms with E-state index >= 15 is 0 Å². The van der Waals surface area contributed by atoms with Crippen LogP contribution in [0.1, 0.15) is 89.5 Å². The van der Waals surface area contributed by atoms with Gasteiger partial charge in [0.15, 0.2) is 0 Å². The molecule has 30 heavy (non-hydrogen) atoms. The Morgan fingerprint density at radius 1 is 0.700 bits per heavy atom. The smallest absolute Gasteiger partial charge is 0.282 e. The lowest BCUT2D eigenvalue weighted by Gasteiger charge is -2.10. The fourth-order valence-corrected chi connectivity index (χ4v) is 4.67. The summed E-state index contributed by atoms with van der Waals surface area (Å²) in [4.78, 5) is -0.0212. The summed E-state index contributed by atoms with van der Waals surface area (Å²) in [6, 6.07) is 14.7. The predicted molar refractivity (Wildman–Crippen MR) is 126 cm³/mol. The van der Waals surface area contributed by atoms with Crippen LogP contribution in [0.4, 0.5) is 0 Å². The molecule has 0 amide bonds. The molecule has 0 saturated carbocycles. The molecule has 0 heterocycles. The van der Waals surface area contributed by atoms with Crippen molar-refractivity contribution < 1.29 is 13.0 Å². The topological polar surface area (TPSA) is 54.4 Å². The third-order valence-corrected chi connectivity index (χ3v) is 6.64. The van der Waals surface area contributed by atoms with Crippen molar-refractivity contribution in [3.05, 3.63) is 54.1 Å². The molecule has 0 saturated heterocycles. The summed E-state index contributed by atoms with van der Waals surface area (Å²) >= 11 is 0. The first-order valence-corrected chi connectivity index (χ1v) is 13.1. The highest BCUT2D eigenvalue weighted by Crippen LogP contribution is 2.29. The molecule has 2 aromatic carbocycles. The maximum absolute atomic E-state index is 11.8. The summed E-state index contributed by atoms with van der Waals surface area (Å²) in [5.74, 6) is 0. The standard InChI is InChI=1S/C26H38O3S/c1-2-3-4-5-6-7-8-9-10-11-12-14-17-23-20-21-26(30(27,28)29)25(22-23)24-18-15-13-16-19-24/h13,15-16,18-22H,2-12,14,17H2,1H3,(H,27,28,29). The molecular formula is C26H38O3S. The predicted octanol–water partition coefficient (Wildman–Crippen LogP) is 7.84. The lowest BCUT2D eigenvalue weighted by atomic mass is 9.99. The van der Waals surface area contributed by atoms with Gasteiger partial charge in [0.05, 0.1) is 0 Å². The zero-order chi connectivity index (χ0) is 21.7. The minimum Gasteiger partial charge on any atom is -0.282 e. The summed E-state index contributed by atoms with van der Waals surface area (Å²) < 4.78 is 33.1. The maximum Gasteiger partial charge on any atom is 0.295 e. The van der Waals surface area contributed by atoms with Crippen molar-refractivity contribution in [1.29, 1.82) is 0 Å². The summed E-state index contributed by atoms with van der Waals surface area (Å²) in [6.07, 6.45) is 16.8. The minimum atomic E-state index is -4.25. The van der Waals surface area contributed by atoms with Crippen LogP contribution in [0.5, 0.6) is 0 Å². The highest BCUT2D eigenvalue weighted by atomic mass is 32.2. The highest BCUT2D eigenvalue weighted by molar-refractivity contribution is 7.86. The summed E-state index contributed by atoms with van der Waals surface area (Å²) in [6.45, 7) is 2.26. The number of benzene rings is 2. The number of unbranched alkanes of at least 4 members (excludes halogenated alkanes) is 11. The van der Waals surface area contributed by atoms with Crippen LogP contribution < -0.4 is 0 Å². The largest absolute Gasteiger partial charge is 0.295 e. The second-order valence-electron chi connectivity index (χ2n) is 8.31. The number of aryl methyl sites for hydroxylation is 1. The quantitative estimate of drug-likeness (QED) is 0.231. The third kappa shape index (κ3) is 9.01. The zero-order valence-corrected chi connectivity index (χ0v) is 19.3. The van der Waals surface area contributed by atoms with Gasteiger partial charge in [-0.05, 0) is 36.1 Å². The Kier molecular flexibility index (Phi) is 11.2. The molecule has 3 nitrogen and oxygen atoms in total. The van der Waals surface area contributed by atoms with Crippen molar-refractivity contribution in [3.63, 3.8) is 0 Å². The van der Waals surface area contributed by atoms with Crippen LogP contribution in [0.3, 0.4) is 0 Å². The number of hydrogen-bond donors (Lipinski definition) is 1. The van der Waals surface area contributed by atoms with E-state index in [9.17, 15) is 13.0 Å². The van der Waals surface area contributed by atoms with Crippen molar-refractivity contribution in [1.82, 2.24) is 0 Å². The molecule has 4 heteroatoms. The van der Waals surface area contributed by atoms with E-state index < -0.39 is 10.1 Å². The van der Waals surface area contributed by atoms with Gasteiger partial charge in [-0.15, -0.1) is 0 Å². The van der Waals surface area contributed by atoms with Gasteiger partial charge in [0.1, 0.15) is 4.90 Å². The van der Waals surface area contributed by atoms with Gasteiger partial charge in [-0.2, -0.15) is 8.42 Å². The van der Waals surface area contributed by atoms with Gasteiger partial charge >= 0.3 is 0 Å². The van der Waals surface area contributed by atoms with Gasteiger partial charge < -0.3 is 0 Å². The van der Waals surface area contributed by atoms with Gasteiger partial charge in [-0.1, -0.05) is 114 Å². The van der Waals surface area contributed by atoms with Crippen LogP contribution in [0.2, 0.25) is 0 Å². The molecular weight excluding hydrogens is 392 g/mol.